The molecule has 0 unspecified atom stereocenters. The van der Waals surface area contributed by atoms with Crippen molar-refractivity contribution in [2.45, 2.75) is 0 Å². The maximum atomic E-state index is 9.03. The number of carboxylic acid groups (broad SMARTS) is 1. The van der Waals surface area contributed by atoms with Crippen LogP contribution in [0.4, 0.5) is 4.79 Å². The van der Waals surface area contributed by atoms with E-state index in [1.54, 1.807) is 0 Å². The van der Waals surface area contributed by atoms with E-state index >= 15 is 0 Å². The predicted octanol–water partition coefficient (Wildman–Crippen LogP) is -0.167. The van der Waals surface area contributed by atoms with Crippen LogP contribution in [-0.4, -0.2) is 28.2 Å². The summed E-state index contributed by atoms with van der Waals surface area (Å²) in [7, 11) is 0. The van der Waals surface area contributed by atoms with Crippen molar-refractivity contribution >= 4 is 23.1 Å². The zero-order valence-corrected chi connectivity index (χ0v) is 4.36. The van der Waals surface area contributed by atoms with E-state index in [1.165, 1.54) is 0 Å². The van der Waals surface area contributed by atoms with E-state index in [-0.39, 0.29) is 0 Å². The zero-order valence-electron chi connectivity index (χ0n) is 1.93. The standard InChI is InChI=1S/CHO2.Ga/c2-1-3;/h(H,2,3);. The van der Waals surface area contributed by atoms with Crippen LogP contribution >= 0.6 is 0 Å². The third-order valence-corrected chi connectivity index (χ3v) is 0. The number of carbonyl (C=O) groups is 1. The molecule has 0 saturated heterocycles. The molecular weight excluding hydrogens is 114 g/mol. The molecule has 3 heteroatoms. The van der Waals surface area contributed by atoms with E-state index < -0.39 is 4.52 Å². The van der Waals surface area contributed by atoms with Crippen molar-refractivity contribution in [1.82, 2.24) is 0 Å². The van der Waals surface area contributed by atoms with Gasteiger partial charge < -0.3 is 0 Å². The van der Waals surface area contributed by atoms with Crippen LogP contribution in [0.5, 0.6) is 0 Å². The SMILES string of the molecule is O=[C](O)[Ga]. The van der Waals surface area contributed by atoms with Crippen molar-refractivity contribution in [2.75, 3.05) is 0 Å². The fraction of sp³-hybridized carbons (Fsp3) is 0. The molecule has 2 radical (unpaired) electrons. The van der Waals surface area contributed by atoms with Crippen molar-refractivity contribution in [3.8, 4) is 0 Å². The van der Waals surface area contributed by atoms with Crippen LogP contribution in [0.2, 0.25) is 0 Å². The molecule has 0 aromatic heterocycles. The molecule has 0 aliphatic rings. The van der Waals surface area contributed by atoms with Crippen molar-refractivity contribution in [1.29, 1.82) is 0 Å². The molecule has 0 aliphatic heterocycles. The van der Waals surface area contributed by atoms with Gasteiger partial charge in [0.25, 0.3) is 0 Å². The number of rotatable bonds is 0. The Morgan fingerprint density at radius 2 is 2.00 bits per heavy atom. The van der Waals surface area contributed by atoms with Gasteiger partial charge in [-0.3, -0.25) is 0 Å². The Morgan fingerprint density at radius 1 is 2.00 bits per heavy atom. The first-order valence-corrected chi connectivity index (χ1v) is 1.93. The summed E-state index contributed by atoms with van der Waals surface area (Å²) in [4.78, 5) is 9.03. The first-order valence-electron chi connectivity index (χ1n) is 0.716. The minimum absolute atomic E-state index is 0.715. The van der Waals surface area contributed by atoms with E-state index in [9.17, 15) is 0 Å². The molecule has 20 valence electrons. The Hall–Kier alpha value is 0.106. The monoisotopic (exact) mass is 114 g/mol. The molecule has 4 heavy (non-hydrogen) atoms. The van der Waals surface area contributed by atoms with E-state index in [4.69, 9.17) is 9.90 Å². The summed E-state index contributed by atoms with van der Waals surface area (Å²) < 4.78 is -0.771. The van der Waals surface area contributed by atoms with Crippen LogP contribution in [0.1, 0.15) is 0 Å². The van der Waals surface area contributed by atoms with Crippen LogP contribution in [-0.2, 0) is 0 Å². The maximum absolute atomic E-state index is 9.03. The summed E-state index contributed by atoms with van der Waals surface area (Å²) >= 11 is 0.715. The molecule has 2 nitrogen and oxygen atoms in total. The predicted molar refractivity (Wildman–Crippen MR) is 13.8 cm³/mol. The third-order valence-electron chi connectivity index (χ3n) is 0. The first kappa shape index (κ1) is 4.11. The first-order chi connectivity index (χ1) is 1.73. The van der Waals surface area contributed by atoms with Gasteiger partial charge in [-0.25, -0.2) is 0 Å². The van der Waals surface area contributed by atoms with Crippen molar-refractivity contribution in [2.24, 2.45) is 0 Å². The summed E-state index contributed by atoms with van der Waals surface area (Å²) in [6, 6.07) is 0. The van der Waals surface area contributed by atoms with Gasteiger partial charge in [0, 0.05) is 0 Å². The van der Waals surface area contributed by atoms with Crippen LogP contribution in [0.25, 0.3) is 0 Å². The van der Waals surface area contributed by atoms with Gasteiger partial charge in [0.1, 0.15) is 0 Å². The molecule has 0 atom stereocenters. The Kier molecular flexibility index (Phi) is 1.47. The normalized spacial score (nSPS) is 6.00. The molecule has 0 aromatic carbocycles. The van der Waals surface area contributed by atoms with Gasteiger partial charge in [0.05, 0.1) is 0 Å². The molecule has 0 rings (SSSR count). The van der Waals surface area contributed by atoms with Gasteiger partial charge in [0.2, 0.25) is 0 Å². The molecule has 0 bridgehead atoms. The summed E-state index contributed by atoms with van der Waals surface area (Å²) in [6.07, 6.45) is 0. The average Bonchev–Trinajstić information content (AvgIpc) is 0.811. The molecule has 0 saturated carbocycles. The van der Waals surface area contributed by atoms with Crippen LogP contribution in [0.15, 0.2) is 0 Å². The summed E-state index contributed by atoms with van der Waals surface area (Å²) in [5.41, 5.74) is 0. The number of hydrogen-bond donors (Lipinski definition) is 1. The summed E-state index contributed by atoms with van der Waals surface area (Å²) in [5, 5.41) is 7.44. The summed E-state index contributed by atoms with van der Waals surface area (Å²) in [5.74, 6) is 0. The van der Waals surface area contributed by atoms with Gasteiger partial charge in [-0.2, -0.15) is 0 Å². The topological polar surface area (TPSA) is 37.3 Å². The fourth-order valence-corrected chi connectivity index (χ4v) is 0. The van der Waals surface area contributed by atoms with Gasteiger partial charge in [0.15, 0.2) is 0 Å². The Labute approximate surface area is 33.7 Å². The van der Waals surface area contributed by atoms with E-state index in [2.05, 4.69) is 0 Å². The van der Waals surface area contributed by atoms with Gasteiger partial charge in [-0.1, -0.05) is 0 Å². The quantitative estimate of drug-likeness (QED) is 0.445. The van der Waals surface area contributed by atoms with Gasteiger partial charge >= 0.3 is 33.0 Å². The molecule has 0 aliphatic carbocycles. The van der Waals surface area contributed by atoms with Crippen molar-refractivity contribution in [3.63, 3.8) is 0 Å². The van der Waals surface area contributed by atoms with Gasteiger partial charge in [-0.05, 0) is 0 Å². The minimum atomic E-state index is -0.771. The second-order valence-corrected chi connectivity index (χ2v) is 1.37. The summed E-state index contributed by atoms with van der Waals surface area (Å²) in [6.45, 7) is 0. The van der Waals surface area contributed by atoms with Crippen LogP contribution < -0.4 is 0 Å². The Bertz CT molecular complexity index is 29.0. The molecule has 0 spiro atoms. The molecule has 0 fully saturated rings. The Morgan fingerprint density at radius 3 is 2.00 bits per heavy atom. The molecular formula is CHGaO2. The molecule has 1 N–H and O–H groups in total. The average molecular weight is 115 g/mol. The van der Waals surface area contributed by atoms with Crippen molar-refractivity contribution < 1.29 is 9.90 Å². The van der Waals surface area contributed by atoms with E-state index in [0.29, 0.717) is 18.6 Å². The van der Waals surface area contributed by atoms with E-state index in [0.717, 1.165) is 0 Å². The molecule has 0 aromatic rings. The zero-order chi connectivity index (χ0) is 3.58. The second-order valence-electron chi connectivity index (χ2n) is 0.338. The van der Waals surface area contributed by atoms with Crippen molar-refractivity contribution in [3.05, 3.63) is 0 Å². The fourth-order valence-electron chi connectivity index (χ4n) is 0. The Balaban J connectivity index is 2.80. The third kappa shape index (κ3) is 228. The molecule has 0 heterocycles. The number of hydrogen-bond acceptors (Lipinski definition) is 1. The second kappa shape index (κ2) is 1.43. The van der Waals surface area contributed by atoms with Crippen LogP contribution in [0.3, 0.4) is 0 Å². The van der Waals surface area contributed by atoms with Gasteiger partial charge in [-0.15, -0.1) is 0 Å². The van der Waals surface area contributed by atoms with Crippen LogP contribution in [0, 0.1) is 0 Å². The van der Waals surface area contributed by atoms with E-state index in [1.807, 2.05) is 0 Å². The molecule has 0 amide bonds.